The van der Waals surface area contributed by atoms with Gasteiger partial charge in [-0.1, -0.05) is 6.07 Å². The molecule has 1 aliphatic heterocycles. The van der Waals surface area contributed by atoms with Crippen LogP contribution in [0.2, 0.25) is 0 Å². The first-order valence-electron chi connectivity index (χ1n) is 6.73. The molecule has 22 heavy (non-hydrogen) atoms. The number of nitrogens with two attached hydrogens (primary N) is 1. The number of hydrogen-bond acceptors (Lipinski definition) is 5. The van der Waals surface area contributed by atoms with Crippen molar-refractivity contribution in [2.75, 3.05) is 26.2 Å². The van der Waals surface area contributed by atoms with Crippen LogP contribution < -0.4 is 5.73 Å². The van der Waals surface area contributed by atoms with Crippen LogP contribution in [-0.2, 0) is 15.9 Å². The summed E-state index contributed by atoms with van der Waals surface area (Å²) in [5.74, 6) is 0. The Morgan fingerprint density at radius 1 is 1.59 bits per heavy atom. The van der Waals surface area contributed by atoms with E-state index in [0.29, 0.717) is 26.1 Å². The fourth-order valence-corrected chi connectivity index (χ4v) is 3.08. The van der Waals surface area contributed by atoms with Crippen molar-refractivity contribution in [3.63, 3.8) is 0 Å². The van der Waals surface area contributed by atoms with Crippen molar-refractivity contribution >= 4 is 17.4 Å². The average Bonchev–Trinajstić information content (AvgIpc) is 2.90. The topological polar surface area (TPSA) is 64.8 Å². The van der Waals surface area contributed by atoms with Gasteiger partial charge in [-0.25, -0.2) is 4.79 Å². The van der Waals surface area contributed by atoms with Crippen LogP contribution in [0, 0.1) is 0 Å². The van der Waals surface area contributed by atoms with Crippen LogP contribution in [-0.4, -0.2) is 55.6 Å². The number of alkyl halides is 3. The second-order valence-corrected chi connectivity index (χ2v) is 6.04. The van der Waals surface area contributed by atoms with E-state index in [1.54, 1.807) is 16.2 Å². The predicted octanol–water partition coefficient (Wildman–Crippen LogP) is 2.02. The van der Waals surface area contributed by atoms with Crippen LogP contribution in [0.4, 0.5) is 18.0 Å². The molecule has 1 aliphatic rings. The highest BCUT2D eigenvalue weighted by atomic mass is 32.1. The van der Waals surface area contributed by atoms with Gasteiger partial charge in [0.25, 0.3) is 0 Å². The maximum absolute atomic E-state index is 12.8. The van der Waals surface area contributed by atoms with E-state index in [4.69, 9.17) is 10.5 Å². The van der Waals surface area contributed by atoms with Crippen LogP contribution in [0.3, 0.4) is 0 Å². The summed E-state index contributed by atoms with van der Waals surface area (Å²) >= 11 is 1.58. The molecule has 0 spiro atoms. The van der Waals surface area contributed by atoms with Gasteiger partial charge in [0, 0.05) is 30.9 Å². The zero-order chi connectivity index (χ0) is 16.2. The summed E-state index contributed by atoms with van der Waals surface area (Å²) < 4.78 is 48.3. The molecule has 2 rings (SSSR count). The molecule has 9 heteroatoms. The normalized spacial score (nSPS) is 21.5. The Balaban J connectivity index is 1.91. The zero-order valence-corrected chi connectivity index (χ0v) is 12.5. The second kappa shape index (κ2) is 7.30. The number of amides is 1. The van der Waals surface area contributed by atoms with Crippen molar-refractivity contribution in [3.05, 3.63) is 22.4 Å². The molecule has 0 saturated carbocycles. The van der Waals surface area contributed by atoms with Gasteiger partial charge in [0.05, 0.1) is 12.7 Å². The maximum atomic E-state index is 12.8. The Morgan fingerprint density at radius 3 is 2.95 bits per heavy atom. The molecule has 2 N–H and O–H groups in total. The highest BCUT2D eigenvalue weighted by molar-refractivity contribution is 7.09. The molecule has 0 aliphatic carbocycles. The lowest BCUT2D eigenvalue weighted by Gasteiger charge is -2.35. The van der Waals surface area contributed by atoms with Gasteiger partial charge in [-0.2, -0.15) is 13.2 Å². The number of hydrogen-bond donors (Lipinski definition) is 1. The molecule has 1 saturated heterocycles. The molecule has 124 valence electrons. The predicted molar refractivity (Wildman–Crippen MR) is 74.7 cm³/mol. The van der Waals surface area contributed by atoms with E-state index >= 15 is 0 Å². The van der Waals surface area contributed by atoms with Gasteiger partial charge in [0.1, 0.15) is 0 Å². The van der Waals surface area contributed by atoms with Crippen LogP contribution >= 0.6 is 11.3 Å². The number of carbonyl (C=O) groups excluding carboxylic acids is 1. The van der Waals surface area contributed by atoms with E-state index in [2.05, 4.69) is 4.74 Å². The lowest BCUT2D eigenvalue weighted by Crippen LogP contribution is -2.50. The third kappa shape index (κ3) is 5.15. The number of thiophene rings is 1. The molecule has 2 atom stereocenters. The lowest BCUT2D eigenvalue weighted by atomic mass is 10.1. The summed E-state index contributed by atoms with van der Waals surface area (Å²) in [6.07, 6.45) is -7.80. The van der Waals surface area contributed by atoms with Gasteiger partial charge in [0.15, 0.2) is 0 Å². The van der Waals surface area contributed by atoms with E-state index < -0.39 is 24.9 Å². The maximum Gasteiger partial charge on any atom is 0.426 e. The van der Waals surface area contributed by atoms with Crippen molar-refractivity contribution in [2.24, 2.45) is 5.73 Å². The molecular formula is C13H17F3N2O3S. The van der Waals surface area contributed by atoms with E-state index in [9.17, 15) is 18.0 Å². The van der Waals surface area contributed by atoms with Gasteiger partial charge in [-0.15, -0.1) is 11.3 Å². The molecule has 1 aromatic rings. The van der Waals surface area contributed by atoms with Crippen LogP contribution in [0.1, 0.15) is 4.88 Å². The lowest BCUT2D eigenvalue weighted by molar-refractivity contribution is -0.210. The van der Waals surface area contributed by atoms with E-state index in [0.717, 1.165) is 4.88 Å². The first kappa shape index (κ1) is 17.0. The molecule has 0 radical (unpaired) electrons. The van der Waals surface area contributed by atoms with Crippen LogP contribution in [0.5, 0.6) is 0 Å². The zero-order valence-electron chi connectivity index (χ0n) is 11.7. The second-order valence-electron chi connectivity index (χ2n) is 5.00. The highest BCUT2D eigenvalue weighted by Gasteiger charge is 2.44. The first-order chi connectivity index (χ1) is 10.3. The number of nitrogens with zero attached hydrogens (tertiary/aromatic N) is 1. The minimum atomic E-state index is -4.64. The Bertz CT molecular complexity index is 481. The Hall–Kier alpha value is -1.32. The number of carbonyl (C=O) groups is 1. The number of rotatable bonds is 5. The number of morpholine rings is 1. The summed E-state index contributed by atoms with van der Waals surface area (Å²) in [6, 6.07) is 3.88. The Labute approximate surface area is 129 Å². The molecular weight excluding hydrogens is 321 g/mol. The summed E-state index contributed by atoms with van der Waals surface area (Å²) in [5, 5.41) is 1.94. The van der Waals surface area contributed by atoms with Gasteiger partial charge in [-0.05, 0) is 11.4 Å². The van der Waals surface area contributed by atoms with Crippen molar-refractivity contribution in [1.82, 2.24) is 4.90 Å². The third-order valence-electron chi connectivity index (χ3n) is 3.28. The standard InChI is InChI=1S/C13H17F3N2O3S/c14-13(15,16)11(21-12(17)19)8-18-3-4-20-9(7-18)6-10-2-1-5-22-10/h1-2,5,9,11H,3-4,6-8H2,(H2,17,19)/t9-,11+/m1/s1. The number of ether oxygens (including phenoxy) is 2. The third-order valence-corrected chi connectivity index (χ3v) is 4.18. The fraction of sp³-hybridized carbons (Fsp3) is 0.615. The average molecular weight is 338 g/mol. The van der Waals surface area contributed by atoms with Gasteiger partial charge in [-0.3, -0.25) is 4.90 Å². The van der Waals surface area contributed by atoms with Crippen molar-refractivity contribution in [3.8, 4) is 0 Å². The summed E-state index contributed by atoms with van der Waals surface area (Å²) in [7, 11) is 0. The minimum Gasteiger partial charge on any atom is -0.435 e. The summed E-state index contributed by atoms with van der Waals surface area (Å²) in [6.45, 7) is 0.621. The SMILES string of the molecule is NC(=O)O[C@@H](CN1CCO[C@H](Cc2cccs2)C1)C(F)(F)F. The van der Waals surface area contributed by atoms with Crippen molar-refractivity contribution in [1.29, 1.82) is 0 Å². The van der Waals surface area contributed by atoms with Crippen molar-refractivity contribution in [2.45, 2.75) is 24.8 Å². The van der Waals surface area contributed by atoms with Crippen LogP contribution in [0.25, 0.3) is 0 Å². The van der Waals surface area contributed by atoms with E-state index in [1.807, 2.05) is 17.5 Å². The molecule has 2 heterocycles. The smallest absolute Gasteiger partial charge is 0.426 e. The molecule has 1 aromatic heterocycles. The minimum absolute atomic E-state index is 0.171. The molecule has 1 fully saturated rings. The largest absolute Gasteiger partial charge is 0.435 e. The Kier molecular flexibility index (Phi) is 5.65. The van der Waals surface area contributed by atoms with Gasteiger partial charge < -0.3 is 15.2 Å². The fourth-order valence-electron chi connectivity index (χ4n) is 2.31. The van der Waals surface area contributed by atoms with Gasteiger partial charge in [0.2, 0.25) is 6.10 Å². The molecule has 0 aromatic carbocycles. The van der Waals surface area contributed by atoms with E-state index in [-0.39, 0.29) is 6.10 Å². The molecule has 5 nitrogen and oxygen atoms in total. The van der Waals surface area contributed by atoms with E-state index in [1.165, 1.54) is 0 Å². The quantitative estimate of drug-likeness (QED) is 0.892. The number of halogens is 3. The molecule has 0 bridgehead atoms. The monoisotopic (exact) mass is 338 g/mol. The summed E-state index contributed by atoms with van der Waals surface area (Å²) in [4.78, 5) is 13.3. The van der Waals surface area contributed by atoms with Crippen molar-refractivity contribution < 1.29 is 27.4 Å². The molecule has 1 amide bonds. The summed E-state index contributed by atoms with van der Waals surface area (Å²) in [5.41, 5.74) is 4.71. The van der Waals surface area contributed by atoms with Gasteiger partial charge >= 0.3 is 12.3 Å². The first-order valence-corrected chi connectivity index (χ1v) is 7.61. The molecule has 0 unspecified atom stereocenters. The highest BCUT2D eigenvalue weighted by Crippen LogP contribution is 2.25. The van der Waals surface area contributed by atoms with Crippen LogP contribution in [0.15, 0.2) is 17.5 Å². The Morgan fingerprint density at radius 2 is 2.36 bits per heavy atom. The number of primary amides is 1.